The molecule has 1 N–H and O–H groups in total. The van der Waals surface area contributed by atoms with E-state index in [4.69, 9.17) is 14.2 Å². The van der Waals surface area contributed by atoms with E-state index in [0.717, 1.165) is 11.3 Å². The Bertz CT molecular complexity index is 916. The van der Waals surface area contributed by atoms with E-state index in [2.05, 4.69) is 5.32 Å². The maximum atomic E-state index is 12.9. The number of amides is 2. The first-order valence-corrected chi connectivity index (χ1v) is 9.82. The molecule has 1 aliphatic rings. The molecule has 29 heavy (non-hydrogen) atoms. The van der Waals surface area contributed by atoms with Crippen molar-refractivity contribution in [2.24, 2.45) is 0 Å². The molecule has 1 saturated heterocycles. The third-order valence-corrected chi connectivity index (χ3v) is 5.80. The highest BCUT2D eigenvalue weighted by atomic mass is 32.1. The fourth-order valence-corrected chi connectivity index (χ4v) is 4.14. The van der Waals surface area contributed by atoms with Crippen molar-refractivity contribution in [1.29, 1.82) is 0 Å². The van der Waals surface area contributed by atoms with Gasteiger partial charge in [-0.2, -0.15) is 0 Å². The zero-order valence-electron chi connectivity index (χ0n) is 16.4. The molecule has 0 unspecified atom stereocenters. The minimum atomic E-state index is -0.607. The fraction of sp³-hybridized carbons (Fsp3) is 0.350. The summed E-state index contributed by atoms with van der Waals surface area (Å²) >= 11 is 1.07. The summed E-state index contributed by atoms with van der Waals surface area (Å²) < 4.78 is 15.3. The summed E-state index contributed by atoms with van der Waals surface area (Å²) in [6.07, 6.45) is 0. The van der Waals surface area contributed by atoms with Crippen molar-refractivity contribution in [1.82, 2.24) is 4.90 Å². The Labute approximate surface area is 172 Å². The topological polar surface area (TPSA) is 94.2 Å². The number of carbonyl (C=O) groups is 3. The molecule has 2 aromatic rings. The molecule has 0 saturated carbocycles. The minimum Gasteiger partial charge on any atom is -0.497 e. The lowest BCUT2D eigenvalue weighted by Gasteiger charge is -2.26. The van der Waals surface area contributed by atoms with Gasteiger partial charge in [0.1, 0.15) is 10.8 Å². The molecule has 1 fully saturated rings. The summed E-state index contributed by atoms with van der Waals surface area (Å²) in [5.41, 5.74) is 1.08. The lowest BCUT2D eigenvalue weighted by Crippen LogP contribution is -2.40. The zero-order valence-corrected chi connectivity index (χ0v) is 17.3. The second-order valence-electron chi connectivity index (χ2n) is 6.34. The van der Waals surface area contributed by atoms with E-state index in [9.17, 15) is 14.4 Å². The predicted octanol–water partition coefficient (Wildman–Crippen LogP) is 2.58. The van der Waals surface area contributed by atoms with Crippen LogP contribution < -0.4 is 10.1 Å². The Morgan fingerprint density at radius 2 is 1.76 bits per heavy atom. The van der Waals surface area contributed by atoms with Crippen LogP contribution in [0.2, 0.25) is 0 Å². The monoisotopic (exact) mass is 418 g/mol. The molecule has 0 spiro atoms. The van der Waals surface area contributed by atoms with Gasteiger partial charge in [-0.3, -0.25) is 9.59 Å². The van der Waals surface area contributed by atoms with Crippen molar-refractivity contribution in [3.8, 4) is 5.75 Å². The van der Waals surface area contributed by atoms with Crippen LogP contribution in [0.3, 0.4) is 0 Å². The molecule has 1 aromatic carbocycles. The first-order valence-electron chi connectivity index (χ1n) is 9.00. The molecule has 154 valence electrons. The number of esters is 1. The number of rotatable bonds is 5. The number of anilines is 1. The van der Waals surface area contributed by atoms with E-state index in [-0.39, 0.29) is 16.5 Å². The summed E-state index contributed by atoms with van der Waals surface area (Å²) in [6.45, 7) is 3.59. The van der Waals surface area contributed by atoms with Gasteiger partial charge in [0, 0.05) is 18.7 Å². The molecule has 0 atom stereocenters. The standard InChI is InChI=1S/C20H22N2O6S/c1-12-15(20(25)27-3)18(21-17(23)13-4-6-14(26-2)7-5-13)29-16(12)19(24)22-8-10-28-11-9-22/h4-7H,8-11H2,1-3H3,(H,21,23). The number of nitrogens with zero attached hydrogens (tertiary/aromatic N) is 1. The maximum Gasteiger partial charge on any atom is 0.341 e. The number of ether oxygens (including phenoxy) is 3. The Hall–Kier alpha value is -2.91. The zero-order chi connectivity index (χ0) is 21.0. The Kier molecular flexibility index (Phi) is 6.50. The molecule has 8 nitrogen and oxygen atoms in total. The van der Waals surface area contributed by atoms with Gasteiger partial charge in [0.05, 0.1) is 37.9 Å². The van der Waals surface area contributed by atoms with E-state index >= 15 is 0 Å². The van der Waals surface area contributed by atoms with Gasteiger partial charge in [0.25, 0.3) is 11.8 Å². The average molecular weight is 418 g/mol. The second-order valence-corrected chi connectivity index (χ2v) is 7.36. The van der Waals surface area contributed by atoms with Crippen LogP contribution >= 0.6 is 11.3 Å². The van der Waals surface area contributed by atoms with Gasteiger partial charge in [0.15, 0.2) is 0 Å². The lowest BCUT2D eigenvalue weighted by molar-refractivity contribution is 0.0305. The van der Waals surface area contributed by atoms with Crippen molar-refractivity contribution in [2.45, 2.75) is 6.92 Å². The molecule has 1 aromatic heterocycles. The van der Waals surface area contributed by atoms with Crippen LogP contribution in [0.4, 0.5) is 5.00 Å². The summed E-state index contributed by atoms with van der Waals surface area (Å²) in [4.78, 5) is 40.0. The smallest absolute Gasteiger partial charge is 0.341 e. The molecular weight excluding hydrogens is 396 g/mol. The normalized spacial score (nSPS) is 13.7. The number of carbonyl (C=O) groups excluding carboxylic acids is 3. The summed E-state index contributed by atoms with van der Waals surface area (Å²) in [5.74, 6) is -0.567. The van der Waals surface area contributed by atoms with Crippen molar-refractivity contribution >= 4 is 34.1 Å². The summed E-state index contributed by atoms with van der Waals surface area (Å²) in [5, 5.41) is 3.03. The van der Waals surface area contributed by atoms with Crippen molar-refractivity contribution < 1.29 is 28.6 Å². The first kappa shape index (κ1) is 20.8. The maximum absolute atomic E-state index is 12.9. The average Bonchev–Trinajstić information content (AvgIpc) is 3.08. The van der Waals surface area contributed by atoms with E-state index in [1.807, 2.05) is 0 Å². The molecule has 0 radical (unpaired) electrons. The van der Waals surface area contributed by atoms with E-state index in [1.54, 1.807) is 43.2 Å². The van der Waals surface area contributed by atoms with Gasteiger partial charge in [-0.25, -0.2) is 4.79 Å². The Balaban J connectivity index is 1.90. The highest BCUT2D eigenvalue weighted by Gasteiger charge is 2.29. The van der Waals surface area contributed by atoms with Gasteiger partial charge in [-0.05, 0) is 36.8 Å². The predicted molar refractivity (Wildman–Crippen MR) is 108 cm³/mol. The molecule has 3 rings (SSSR count). The van der Waals surface area contributed by atoms with Gasteiger partial charge in [-0.15, -0.1) is 11.3 Å². The molecule has 2 heterocycles. The second kappa shape index (κ2) is 9.06. The van der Waals surface area contributed by atoms with E-state index in [1.165, 1.54) is 7.11 Å². The molecule has 1 aliphatic heterocycles. The van der Waals surface area contributed by atoms with Gasteiger partial charge >= 0.3 is 5.97 Å². The lowest BCUT2D eigenvalue weighted by atomic mass is 10.1. The van der Waals surface area contributed by atoms with Crippen LogP contribution in [-0.2, 0) is 9.47 Å². The van der Waals surface area contributed by atoms with Crippen LogP contribution in [-0.4, -0.2) is 63.2 Å². The molecule has 2 amide bonds. The van der Waals surface area contributed by atoms with Gasteiger partial charge < -0.3 is 24.4 Å². The Morgan fingerprint density at radius 3 is 2.34 bits per heavy atom. The molecule has 0 bridgehead atoms. The number of hydrogen-bond donors (Lipinski definition) is 1. The van der Waals surface area contributed by atoms with Crippen molar-refractivity contribution in [3.63, 3.8) is 0 Å². The van der Waals surface area contributed by atoms with Crippen LogP contribution in [0.15, 0.2) is 24.3 Å². The van der Waals surface area contributed by atoms with Crippen LogP contribution in [0.5, 0.6) is 5.75 Å². The first-order chi connectivity index (χ1) is 14.0. The SMILES string of the molecule is COC(=O)c1c(NC(=O)c2ccc(OC)cc2)sc(C(=O)N2CCOCC2)c1C. The number of thiophene rings is 1. The fourth-order valence-electron chi connectivity index (χ4n) is 2.98. The van der Waals surface area contributed by atoms with E-state index < -0.39 is 11.9 Å². The molecule has 9 heteroatoms. The van der Waals surface area contributed by atoms with Gasteiger partial charge in [0.2, 0.25) is 0 Å². The summed E-state index contributed by atoms with van der Waals surface area (Å²) in [7, 11) is 2.80. The highest BCUT2D eigenvalue weighted by molar-refractivity contribution is 7.18. The van der Waals surface area contributed by atoms with Crippen LogP contribution in [0.1, 0.15) is 36.0 Å². The van der Waals surface area contributed by atoms with Crippen molar-refractivity contribution in [3.05, 3.63) is 45.8 Å². The number of nitrogens with one attached hydrogen (secondary N) is 1. The minimum absolute atomic E-state index is 0.189. The van der Waals surface area contributed by atoms with E-state index in [0.29, 0.717) is 48.1 Å². The third-order valence-electron chi connectivity index (χ3n) is 4.61. The quantitative estimate of drug-likeness (QED) is 0.750. The number of hydrogen-bond acceptors (Lipinski definition) is 7. The largest absolute Gasteiger partial charge is 0.497 e. The third kappa shape index (κ3) is 4.41. The number of benzene rings is 1. The molecular formula is C20H22N2O6S. The Morgan fingerprint density at radius 1 is 1.10 bits per heavy atom. The van der Waals surface area contributed by atoms with Crippen LogP contribution in [0, 0.1) is 6.92 Å². The van der Waals surface area contributed by atoms with Gasteiger partial charge in [-0.1, -0.05) is 0 Å². The highest BCUT2D eigenvalue weighted by Crippen LogP contribution is 2.35. The molecule has 0 aliphatic carbocycles. The van der Waals surface area contributed by atoms with Crippen LogP contribution in [0.25, 0.3) is 0 Å². The van der Waals surface area contributed by atoms with Crippen molar-refractivity contribution in [2.75, 3.05) is 45.8 Å². The number of methoxy groups -OCH3 is 2. The number of morpholine rings is 1. The summed E-state index contributed by atoms with van der Waals surface area (Å²) in [6, 6.07) is 6.57.